The number of aliphatic hydroxyl groups excluding tert-OH is 1. The van der Waals surface area contributed by atoms with E-state index in [-0.39, 0.29) is 11.9 Å². The summed E-state index contributed by atoms with van der Waals surface area (Å²) in [5.74, 6) is 0.101. The second-order valence-corrected chi connectivity index (χ2v) is 5.86. The molecule has 2 aromatic rings. The first-order valence-electron chi connectivity index (χ1n) is 7.79. The largest absolute Gasteiger partial charge is 0.391 e. The Morgan fingerprint density at radius 3 is 2.23 bits per heavy atom. The average Bonchev–Trinajstić information content (AvgIpc) is 2.90. The Labute approximate surface area is 131 Å². The monoisotopic (exact) mass is 295 g/mol. The fourth-order valence-electron chi connectivity index (χ4n) is 3.12. The number of rotatable bonds is 4. The Balaban J connectivity index is 1.70. The summed E-state index contributed by atoms with van der Waals surface area (Å²) in [6, 6.07) is 19.7. The van der Waals surface area contributed by atoms with E-state index in [2.05, 4.69) is 0 Å². The highest BCUT2D eigenvalue weighted by Crippen LogP contribution is 2.23. The Bertz CT molecular complexity index is 612. The van der Waals surface area contributed by atoms with Crippen LogP contribution in [0.25, 0.3) is 0 Å². The van der Waals surface area contributed by atoms with Gasteiger partial charge in [-0.3, -0.25) is 4.79 Å². The molecule has 3 nitrogen and oxygen atoms in total. The fraction of sp³-hybridized carbons (Fsp3) is 0.316. The second-order valence-electron chi connectivity index (χ2n) is 5.86. The van der Waals surface area contributed by atoms with Gasteiger partial charge in [0.2, 0.25) is 5.91 Å². The van der Waals surface area contributed by atoms with Gasteiger partial charge in [-0.15, -0.1) is 0 Å². The summed E-state index contributed by atoms with van der Waals surface area (Å²) >= 11 is 0. The lowest BCUT2D eigenvalue weighted by atomic mass is 10.0. The van der Waals surface area contributed by atoms with Gasteiger partial charge in [0.25, 0.3) is 0 Å². The Morgan fingerprint density at radius 2 is 1.59 bits per heavy atom. The normalized spacial score (nSPS) is 21.0. The molecule has 0 bridgehead atoms. The summed E-state index contributed by atoms with van der Waals surface area (Å²) in [6.07, 6.45) is 1.35. The molecule has 1 N–H and O–H groups in total. The highest BCUT2D eigenvalue weighted by molar-refractivity contribution is 5.79. The van der Waals surface area contributed by atoms with E-state index in [0.717, 1.165) is 11.1 Å². The van der Waals surface area contributed by atoms with Crippen molar-refractivity contribution in [3.8, 4) is 0 Å². The van der Waals surface area contributed by atoms with E-state index in [1.54, 1.807) is 0 Å². The first-order valence-corrected chi connectivity index (χ1v) is 7.79. The molecule has 0 saturated carbocycles. The maximum atomic E-state index is 12.6. The first-order chi connectivity index (χ1) is 10.7. The number of carbonyl (C=O) groups excluding carboxylic acids is 1. The SMILES string of the molecule is O=C(Cc1ccccc1)N1CC[C@H](O)[C@@H]1Cc1ccccc1. The summed E-state index contributed by atoms with van der Waals surface area (Å²) in [4.78, 5) is 14.4. The number of carbonyl (C=O) groups is 1. The molecule has 0 radical (unpaired) electrons. The van der Waals surface area contributed by atoms with Crippen LogP contribution >= 0.6 is 0 Å². The average molecular weight is 295 g/mol. The minimum atomic E-state index is -0.431. The van der Waals surface area contributed by atoms with Crippen molar-refractivity contribution >= 4 is 5.91 Å². The van der Waals surface area contributed by atoms with Crippen molar-refractivity contribution in [3.63, 3.8) is 0 Å². The Kier molecular flexibility index (Phi) is 4.54. The molecule has 0 aromatic heterocycles. The number of benzene rings is 2. The van der Waals surface area contributed by atoms with Crippen LogP contribution in [0.1, 0.15) is 17.5 Å². The van der Waals surface area contributed by atoms with Crippen molar-refractivity contribution in [2.24, 2.45) is 0 Å². The van der Waals surface area contributed by atoms with E-state index in [0.29, 0.717) is 25.8 Å². The van der Waals surface area contributed by atoms with Gasteiger partial charge in [0.1, 0.15) is 0 Å². The first kappa shape index (κ1) is 14.8. The van der Waals surface area contributed by atoms with Crippen LogP contribution in [0.2, 0.25) is 0 Å². The molecule has 0 aliphatic carbocycles. The zero-order chi connectivity index (χ0) is 15.4. The molecule has 1 aliphatic heterocycles. The molecule has 2 aromatic carbocycles. The summed E-state index contributed by atoms with van der Waals surface area (Å²) in [5, 5.41) is 10.2. The molecule has 3 heteroatoms. The van der Waals surface area contributed by atoms with Crippen LogP contribution in [0.15, 0.2) is 60.7 Å². The fourth-order valence-corrected chi connectivity index (χ4v) is 3.12. The summed E-state index contributed by atoms with van der Waals surface area (Å²) < 4.78 is 0. The number of likely N-dealkylation sites (tertiary alicyclic amines) is 1. The third kappa shape index (κ3) is 3.37. The molecule has 1 aliphatic rings. The minimum absolute atomic E-state index is 0.101. The van der Waals surface area contributed by atoms with Crippen LogP contribution in [-0.4, -0.2) is 34.6 Å². The van der Waals surface area contributed by atoms with Crippen molar-refractivity contribution in [2.45, 2.75) is 31.4 Å². The molecule has 1 heterocycles. The van der Waals surface area contributed by atoms with E-state index in [1.165, 1.54) is 0 Å². The standard InChI is InChI=1S/C19H21NO2/c21-18-11-12-20(17(18)13-15-7-3-1-4-8-15)19(22)14-16-9-5-2-6-10-16/h1-10,17-18,21H,11-14H2/t17-,18-/m0/s1. The summed E-state index contributed by atoms with van der Waals surface area (Å²) in [5.41, 5.74) is 2.18. The van der Waals surface area contributed by atoms with Crippen LogP contribution in [0.3, 0.4) is 0 Å². The molecule has 2 atom stereocenters. The van der Waals surface area contributed by atoms with Crippen molar-refractivity contribution in [3.05, 3.63) is 71.8 Å². The number of hydrogen-bond donors (Lipinski definition) is 1. The predicted octanol–water partition coefficient (Wildman–Crippen LogP) is 2.43. The summed E-state index contributed by atoms with van der Waals surface area (Å²) in [7, 11) is 0. The van der Waals surface area contributed by atoms with Gasteiger partial charge in [-0.25, -0.2) is 0 Å². The lowest BCUT2D eigenvalue weighted by molar-refractivity contribution is -0.132. The number of hydrogen-bond acceptors (Lipinski definition) is 2. The zero-order valence-corrected chi connectivity index (χ0v) is 12.6. The number of aliphatic hydroxyl groups is 1. The van der Waals surface area contributed by atoms with Crippen LogP contribution in [0.4, 0.5) is 0 Å². The molecule has 22 heavy (non-hydrogen) atoms. The van der Waals surface area contributed by atoms with E-state index in [1.807, 2.05) is 65.6 Å². The molecule has 3 rings (SSSR count). The molecule has 1 fully saturated rings. The van der Waals surface area contributed by atoms with Crippen LogP contribution < -0.4 is 0 Å². The highest BCUT2D eigenvalue weighted by atomic mass is 16.3. The maximum Gasteiger partial charge on any atom is 0.227 e. The second kappa shape index (κ2) is 6.75. The van der Waals surface area contributed by atoms with E-state index < -0.39 is 6.10 Å². The lowest BCUT2D eigenvalue weighted by Gasteiger charge is -2.26. The van der Waals surface area contributed by atoms with Crippen LogP contribution in [0.5, 0.6) is 0 Å². The molecule has 114 valence electrons. The number of nitrogens with zero attached hydrogens (tertiary/aromatic N) is 1. The third-order valence-corrected chi connectivity index (χ3v) is 4.32. The summed E-state index contributed by atoms with van der Waals surface area (Å²) in [6.45, 7) is 0.643. The van der Waals surface area contributed by atoms with Gasteiger partial charge >= 0.3 is 0 Å². The Morgan fingerprint density at radius 1 is 1.00 bits per heavy atom. The Hall–Kier alpha value is -2.13. The van der Waals surface area contributed by atoms with Crippen molar-refractivity contribution in [1.82, 2.24) is 4.90 Å². The van der Waals surface area contributed by atoms with Gasteiger partial charge in [0.15, 0.2) is 0 Å². The van der Waals surface area contributed by atoms with E-state index >= 15 is 0 Å². The van der Waals surface area contributed by atoms with Gasteiger partial charge in [0.05, 0.1) is 18.6 Å². The third-order valence-electron chi connectivity index (χ3n) is 4.32. The minimum Gasteiger partial charge on any atom is -0.391 e. The maximum absolute atomic E-state index is 12.6. The van der Waals surface area contributed by atoms with Crippen LogP contribution in [0, 0.1) is 0 Å². The smallest absolute Gasteiger partial charge is 0.227 e. The molecule has 0 spiro atoms. The van der Waals surface area contributed by atoms with Gasteiger partial charge in [-0.2, -0.15) is 0 Å². The lowest BCUT2D eigenvalue weighted by Crippen LogP contribution is -2.41. The van der Waals surface area contributed by atoms with Crippen LogP contribution in [-0.2, 0) is 17.6 Å². The zero-order valence-electron chi connectivity index (χ0n) is 12.6. The molecule has 1 saturated heterocycles. The quantitative estimate of drug-likeness (QED) is 0.941. The molecule has 0 unspecified atom stereocenters. The number of amides is 1. The van der Waals surface area contributed by atoms with E-state index in [4.69, 9.17) is 0 Å². The predicted molar refractivity (Wildman–Crippen MR) is 86.4 cm³/mol. The topological polar surface area (TPSA) is 40.5 Å². The van der Waals surface area contributed by atoms with Gasteiger partial charge in [-0.05, 0) is 24.0 Å². The van der Waals surface area contributed by atoms with Crippen molar-refractivity contribution in [1.29, 1.82) is 0 Å². The highest BCUT2D eigenvalue weighted by Gasteiger charge is 2.35. The van der Waals surface area contributed by atoms with Gasteiger partial charge < -0.3 is 10.0 Å². The van der Waals surface area contributed by atoms with Crippen molar-refractivity contribution < 1.29 is 9.90 Å². The van der Waals surface area contributed by atoms with Crippen molar-refractivity contribution in [2.75, 3.05) is 6.54 Å². The van der Waals surface area contributed by atoms with Gasteiger partial charge in [0, 0.05) is 6.54 Å². The molecule has 1 amide bonds. The van der Waals surface area contributed by atoms with E-state index in [9.17, 15) is 9.90 Å². The molecular formula is C19H21NO2. The molecular weight excluding hydrogens is 274 g/mol. The van der Waals surface area contributed by atoms with Gasteiger partial charge in [-0.1, -0.05) is 60.7 Å².